The molecule has 0 fully saturated rings. The maximum absolute atomic E-state index is 12.8. The van der Waals surface area contributed by atoms with Crippen LogP contribution in [-0.4, -0.2) is 38.9 Å². The predicted octanol–water partition coefficient (Wildman–Crippen LogP) is 1.79. The third-order valence-corrected chi connectivity index (χ3v) is 4.21. The summed E-state index contributed by atoms with van der Waals surface area (Å²) in [7, 11) is 0. The molecule has 2 aliphatic rings. The van der Waals surface area contributed by atoms with Gasteiger partial charge in [0.1, 0.15) is 5.82 Å². The normalized spacial score (nSPS) is 15.9. The molecular weight excluding hydrogens is 296 g/mol. The summed E-state index contributed by atoms with van der Waals surface area (Å²) in [6, 6.07) is 5.39. The number of carbonyl (C=O) groups excluding carboxylic acids is 1. The van der Waals surface area contributed by atoms with E-state index in [9.17, 15) is 4.79 Å². The van der Waals surface area contributed by atoms with Crippen LogP contribution in [0.5, 0.6) is 11.5 Å². The molecule has 0 unspecified atom stereocenters. The van der Waals surface area contributed by atoms with E-state index < -0.39 is 0 Å². The molecule has 0 spiro atoms. The van der Waals surface area contributed by atoms with Gasteiger partial charge in [0.05, 0.1) is 12.1 Å². The highest BCUT2D eigenvalue weighted by Crippen LogP contribution is 2.36. The van der Waals surface area contributed by atoms with Crippen molar-refractivity contribution in [3.8, 4) is 11.5 Å². The molecule has 7 heteroatoms. The Morgan fingerprint density at radius 1 is 1.22 bits per heavy atom. The lowest BCUT2D eigenvalue weighted by Crippen LogP contribution is -2.39. The molecule has 0 aliphatic carbocycles. The molecule has 0 saturated carbocycles. The van der Waals surface area contributed by atoms with E-state index in [1.807, 2.05) is 6.07 Å². The van der Waals surface area contributed by atoms with Gasteiger partial charge in [-0.2, -0.15) is 0 Å². The van der Waals surface area contributed by atoms with Crippen molar-refractivity contribution in [3.63, 3.8) is 0 Å². The summed E-state index contributed by atoms with van der Waals surface area (Å²) in [6.07, 6.45) is 0. The number of ether oxygens (including phenoxy) is 2. The maximum Gasteiger partial charge on any atom is 0.258 e. The van der Waals surface area contributed by atoms with Crippen LogP contribution in [0.3, 0.4) is 0 Å². The number of carbonyl (C=O) groups is 1. The van der Waals surface area contributed by atoms with Gasteiger partial charge in [0.25, 0.3) is 5.91 Å². The van der Waals surface area contributed by atoms with Crippen molar-refractivity contribution in [1.82, 2.24) is 19.7 Å². The van der Waals surface area contributed by atoms with Crippen LogP contribution in [0.2, 0.25) is 0 Å². The summed E-state index contributed by atoms with van der Waals surface area (Å²) in [5.41, 5.74) is 0.539. The Bertz CT molecular complexity index is 769. The fourth-order valence-electron chi connectivity index (χ4n) is 3.05. The molecule has 4 rings (SSSR count). The molecule has 0 atom stereocenters. The van der Waals surface area contributed by atoms with Gasteiger partial charge in [-0.15, -0.1) is 10.2 Å². The van der Waals surface area contributed by atoms with Gasteiger partial charge < -0.3 is 18.9 Å². The molecule has 1 amide bonds. The van der Waals surface area contributed by atoms with Gasteiger partial charge >= 0.3 is 0 Å². The first-order chi connectivity index (χ1) is 11.1. The Morgan fingerprint density at radius 2 is 2.09 bits per heavy atom. The van der Waals surface area contributed by atoms with Gasteiger partial charge in [-0.25, -0.2) is 0 Å². The summed E-state index contributed by atoms with van der Waals surface area (Å²) in [5.74, 6) is 3.22. The number of rotatable bonds is 2. The van der Waals surface area contributed by atoms with Crippen molar-refractivity contribution in [2.75, 3.05) is 13.3 Å². The quantitative estimate of drug-likeness (QED) is 0.845. The summed E-state index contributed by atoms with van der Waals surface area (Å²) in [5, 5.41) is 8.49. The second-order valence-corrected chi connectivity index (χ2v) is 6.05. The molecule has 0 saturated heterocycles. The molecule has 0 bridgehead atoms. The summed E-state index contributed by atoms with van der Waals surface area (Å²) < 4.78 is 12.9. The standard InChI is InChI=1S/C16H18N4O3/c1-10(2)15-18-17-13-8-19(6-7-20(13)15)16(21)11-4-3-5-12-14(11)23-9-22-12/h3-5,10H,6-9H2,1-2H3. The predicted molar refractivity (Wildman–Crippen MR) is 81.4 cm³/mol. The van der Waals surface area contributed by atoms with Crippen LogP contribution in [0.15, 0.2) is 18.2 Å². The van der Waals surface area contributed by atoms with E-state index in [2.05, 4.69) is 28.6 Å². The number of benzene rings is 1. The minimum Gasteiger partial charge on any atom is -0.454 e. The van der Waals surface area contributed by atoms with Gasteiger partial charge in [-0.3, -0.25) is 4.79 Å². The average Bonchev–Trinajstić information content (AvgIpc) is 3.19. The van der Waals surface area contributed by atoms with Gasteiger partial charge in [-0.1, -0.05) is 19.9 Å². The third-order valence-electron chi connectivity index (χ3n) is 4.21. The first-order valence-electron chi connectivity index (χ1n) is 7.75. The Labute approximate surface area is 133 Å². The molecule has 3 heterocycles. The van der Waals surface area contributed by atoms with Crippen molar-refractivity contribution in [2.45, 2.75) is 32.9 Å². The highest BCUT2D eigenvalue weighted by molar-refractivity contribution is 5.98. The van der Waals surface area contributed by atoms with Crippen LogP contribution in [0.1, 0.15) is 41.8 Å². The lowest BCUT2D eigenvalue weighted by Gasteiger charge is -2.28. The van der Waals surface area contributed by atoms with E-state index in [4.69, 9.17) is 9.47 Å². The molecule has 23 heavy (non-hydrogen) atoms. The Kier molecular flexibility index (Phi) is 3.21. The number of aromatic nitrogens is 3. The topological polar surface area (TPSA) is 69.5 Å². The van der Waals surface area contributed by atoms with Gasteiger partial charge in [-0.05, 0) is 12.1 Å². The monoisotopic (exact) mass is 314 g/mol. The zero-order chi connectivity index (χ0) is 16.0. The highest BCUT2D eigenvalue weighted by Gasteiger charge is 2.29. The van der Waals surface area contributed by atoms with E-state index in [0.717, 1.165) is 11.6 Å². The van der Waals surface area contributed by atoms with Crippen LogP contribution in [0, 0.1) is 0 Å². The van der Waals surface area contributed by atoms with E-state index in [-0.39, 0.29) is 12.7 Å². The zero-order valence-corrected chi connectivity index (χ0v) is 13.2. The number of hydrogen-bond acceptors (Lipinski definition) is 5. The zero-order valence-electron chi connectivity index (χ0n) is 13.2. The van der Waals surface area contributed by atoms with Crippen LogP contribution >= 0.6 is 0 Å². The third kappa shape index (κ3) is 2.23. The summed E-state index contributed by atoms with van der Waals surface area (Å²) >= 11 is 0. The van der Waals surface area contributed by atoms with Crippen LogP contribution in [0.25, 0.3) is 0 Å². The van der Waals surface area contributed by atoms with Gasteiger partial charge in [0, 0.05) is 19.0 Å². The Morgan fingerprint density at radius 3 is 2.91 bits per heavy atom. The van der Waals surface area contributed by atoms with E-state index in [0.29, 0.717) is 42.6 Å². The first-order valence-corrected chi connectivity index (χ1v) is 7.75. The number of para-hydroxylation sites is 1. The van der Waals surface area contributed by atoms with E-state index in [1.165, 1.54) is 0 Å². The number of hydrogen-bond donors (Lipinski definition) is 0. The number of amides is 1. The molecule has 2 aromatic rings. The fourth-order valence-corrected chi connectivity index (χ4v) is 3.05. The molecule has 120 valence electrons. The molecule has 1 aromatic heterocycles. The van der Waals surface area contributed by atoms with Crippen molar-refractivity contribution < 1.29 is 14.3 Å². The van der Waals surface area contributed by atoms with Crippen molar-refractivity contribution in [3.05, 3.63) is 35.4 Å². The Hall–Kier alpha value is -2.57. The van der Waals surface area contributed by atoms with E-state index >= 15 is 0 Å². The SMILES string of the molecule is CC(C)c1nnc2n1CCN(C(=O)c1cccc3c1OCO3)C2. The highest BCUT2D eigenvalue weighted by atomic mass is 16.7. The van der Waals surface area contributed by atoms with Crippen molar-refractivity contribution >= 4 is 5.91 Å². The molecular formula is C16H18N4O3. The maximum atomic E-state index is 12.8. The van der Waals surface area contributed by atoms with Crippen LogP contribution < -0.4 is 9.47 Å². The molecule has 7 nitrogen and oxygen atoms in total. The van der Waals surface area contributed by atoms with Gasteiger partial charge in [0.2, 0.25) is 6.79 Å². The number of nitrogens with zero attached hydrogens (tertiary/aromatic N) is 4. The second-order valence-electron chi connectivity index (χ2n) is 6.05. The first kappa shape index (κ1) is 14.0. The Balaban J connectivity index is 1.60. The van der Waals surface area contributed by atoms with Crippen molar-refractivity contribution in [2.24, 2.45) is 0 Å². The molecule has 0 radical (unpaired) electrons. The van der Waals surface area contributed by atoms with Crippen LogP contribution in [-0.2, 0) is 13.1 Å². The largest absolute Gasteiger partial charge is 0.454 e. The van der Waals surface area contributed by atoms with E-state index in [1.54, 1.807) is 17.0 Å². The lowest BCUT2D eigenvalue weighted by molar-refractivity contribution is 0.0701. The fraction of sp³-hybridized carbons (Fsp3) is 0.438. The minimum absolute atomic E-state index is 0.0623. The van der Waals surface area contributed by atoms with Crippen LogP contribution in [0.4, 0.5) is 0 Å². The van der Waals surface area contributed by atoms with Crippen molar-refractivity contribution in [1.29, 1.82) is 0 Å². The summed E-state index contributed by atoms with van der Waals surface area (Å²) in [4.78, 5) is 14.6. The summed E-state index contributed by atoms with van der Waals surface area (Å²) in [6.45, 7) is 6.16. The number of fused-ring (bicyclic) bond motifs is 2. The second kappa shape index (κ2) is 5.26. The molecule has 2 aliphatic heterocycles. The van der Waals surface area contributed by atoms with Gasteiger partial charge in [0.15, 0.2) is 17.3 Å². The molecule has 0 N–H and O–H groups in total. The smallest absolute Gasteiger partial charge is 0.258 e. The molecule has 1 aromatic carbocycles. The average molecular weight is 314 g/mol. The minimum atomic E-state index is -0.0623. The lowest BCUT2D eigenvalue weighted by atomic mass is 10.1.